The standard InChI is InChI=1S/C50H88O9/c1-3-5-7-9-11-13-15-17-19-20-21-22-23-24-26-28-30-32-34-36-38-40-56-42-44(43-57-50-49(55)48(54)47(53)45(41-51)59-50)58-46(52)39-37-35-33-31-29-27-25-18-16-14-12-10-8-6-4-2/h6,8,12,14,18,25,29,31,35,37,44-45,47-51,53-55H,3-5,7,9-11,13,15-17,19-24,26-28,30,32-34,36,38-43H2,1-2H3/b8-6-,14-12-,25-18-,31-29-,37-35-. The first kappa shape index (κ1) is 54.9. The highest BCUT2D eigenvalue weighted by molar-refractivity contribution is 5.71. The van der Waals surface area contributed by atoms with E-state index in [0.29, 0.717) is 13.0 Å². The zero-order chi connectivity index (χ0) is 42.9. The SMILES string of the molecule is CC/C=C\C/C=C\C/C=C\C/C=C\C/C=C\CC(=O)OC(COCCCCCCCCCCCCCCCCCCCCCCC)COC1OC(CO)C(O)C(O)C1O. The highest BCUT2D eigenvalue weighted by atomic mass is 16.7. The van der Waals surface area contributed by atoms with Gasteiger partial charge in [-0.1, -0.05) is 203 Å². The van der Waals surface area contributed by atoms with Crippen LogP contribution in [-0.2, 0) is 23.7 Å². The Morgan fingerprint density at radius 3 is 1.41 bits per heavy atom. The van der Waals surface area contributed by atoms with Gasteiger partial charge in [-0.15, -0.1) is 0 Å². The molecule has 1 aliphatic rings. The summed E-state index contributed by atoms with van der Waals surface area (Å²) in [6, 6.07) is 0. The Balaban J connectivity index is 2.26. The fraction of sp³-hybridized carbons (Fsp3) is 0.780. The number of carbonyl (C=O) groups excluding carboxylic acids is 1. The summed E-state index contributed by atoms with van der Waals surface area (Å²) in [6.45, 7) is 4.34. The van der Waals surface area contributed by atoms with Crippen molar-refractivity contribution in [1.29, 1.82) is 0 Å². The van der Waals surface area contributed by atoms with Crippen LogP contribution in [0.25, 0.3) is 0 Å². The number of esters is 1. The quantitative estimate of drug-likeness (QED) is 0.0270. The molecular weight excluding hydrogens is 745 g/mol. The maximum atomic E-state index is 12.7. The van der Waals surface area contributed by atoms with E-state index in [4.69, 9.17) is 18.9 Å². The first-order valence-corrected chi connectivity index (χ1v) is 23.9. The Morgan fingerprint density at radius 2 is 0.966 bits per heavy atom. The second kappa shape index (κ2) is 41.3. The molecular formula is C50H88O9. The molecule has 1 saturated heterocycles. The van der Waals surface area contributed by atoms with Gasteiger partial charge >= 0.3 is 5.97 Å². The van der Waals surface area contributed by atoms with Gasteiger partial charge in [-0.2, -0.15) is 0 Å². The van der Waals surface area contributed by atoms with Gasteiger partial charge in [-0.05, 0) is 38.5 Å². The van der Waals surface area contributed by atoms with E-state index in [0.717, 1.165) is 38.5 Å². The molecule has 0 aromatic rings. The monoisotopic (exact) mass is 833 g/mol. The molecule has 0 saturated carbocycles. The fourth-order valence-corrected chi connectivity index (χ4v) is 7.04. The lowest BCUT2D eigenvalue weighted by Gasteiger charge is -2.39. The largest absolute Gasteiger partial charge is 0.457 e. The van der Waals surface area contributed by atoms with Crippen LogP contribution >= 0.6 is 0 Å². The number of ether oxygens (including phenoxy) is 4. The van der Waals surface area contributed by atoms with Crippen molar-refractivity contribution in [3.8, 4) is 0 Å². The molecule has 6 atom stereocenters. The molecule has 1 fully saturated rings. The van der Waals surface area contributed by atoms with Gasteiger partial charge in [0.2, 0.25) is 0 Å². The van der Waals surface area contributed by atoms with Crippen LogP contribution in [0.4, 0.5) is 0 Å². The smallest absolute Gasteiger partial charge is 0.310 e. The van der Waals surface area contributed by atoms with Crippen molar-refractivity contribution >= 4 is 5.97 Å². The van der Waals surface area contributed by atoms with Crippen LogP contribution in [0.1, 0.15) is 187 Å². The third-order valence-corrected chi connectivity index (χ3v) is 10.7. The van der Waals surface area contributed by atoms with Gasteiger partial charge in [0.1, 0.15) is 30.5 Å². The van der Waals surface area contributed by atoms with E-state index in [9.17, 15) is 25.2 Å². The summed E-state index contributed by atoms with van der Waals surface area (Å²) < 4.78 is 22.7. The lowest BCUT2D eigenvalue weighted by molar-refractivity contribution is -0.305. The molecule has 0 amide bonds. The number of hydrogen-bond acceptors (Lipinski definition) is 9. The molecule has 1 heterocycles. The van der Waals surface area contributed by atoms with Crippen molar-refractivity contribution < 1.29 is 44.2 Å². The fourth-order valence-electron chi connectivity index (χ4n) is 7.04. The summed E-state index contributed by atoms with van der Waals surface area (Å²) in [5, 5.41) is 40.1. The average molecular weight is 833 g/mol. The Morgan fingerprint density at radius 1 is 0.542 bits per heavy atom. The van der Waals surface area contributed by atoms with Crippen LogP contribution in [0.3, 0.4) is 0 Å². The van der Waals surface area contributed by atoms with Crippen molar-refractivity contribution in [1.82, 2.24) is 0 Å². The van der Waals surface area contributed by atoms with E-state index in [2.05, 4.69) is 62.5 Å². The topological polar surface area (TPSA) is 135 Å². The summed E-state index contributed by atoms with van der Waals surface area (Å²) in [7, 11) is 0. The molecule has 0 aromatic carbocycles. The van der Waals surface area contributed by atoms with Gasteiger partial charge in [0.25, 0.3) is 0 Å². The van der Waals surface area contributed by atoms with E-state index in [1.807, 2.05) is 6.08 Å². The van der Waals surface area contributed by atoms with Crippen LogP contribution < -0.4 is 0 Å². The van der Waals surface area contributed by atoms with Gasteiger partial charge < -0.3 is 39.4 Å². The second-order valence-electron chi connectivity index (χ2n) is 16.2. The summed E-state index contributed by atoms with van der Waals surface area (Å²) in [4.78, 5) is 12.7. The molecule has 342 valence electrons. The van der Waals surface area contributed by atoms with Crippen LogP contribution in [-0.4, -0.2) is 89.6 Å². The third kappa shape index (κ3) is 32.3. The maximum Gasteiger partial charge on any atom is 0.310 e. The maximum absolute atomic E-state index is 12.7. The molecule has 9 heteroatoms. The first-order valence-electron chi connectivity index (χ1n) is 23.9. The van der Waals surface area contributed by atoms with Gasteiger partial charge in [-0.3, -0.25) is 4.79 Å². The minimum Gasteiger partial charge on any atom is -0.457 e. The number of aliphatic hydroxyl groups excluding tert-OH is 4. The van der Waals surface area contributed by atoms with Gasteiger partial charge in [0.15, 0.2) is 6.29 Å². The van der Waals surface area contributed by atoms with Gasteiger partial charge in [-0.25, -0.2) is 0 Å². The molecule has 1 aliphatic heterocycles. The molecule has 9 nitrogen and oxygen atoms in total. The Labute approximate surface area is 360 Å². The van der Waals surface area contributed by atoms with Crippen molar-refractivity contribution in [3.05, 3.63) is 60.8 Å². The molecule has 0 radical (unpaired) electrons. The normalized spacial score (nSPS) is 20.7. The minimum atomic E-state index is -1.55. The zero-order valence-electron chi connectivity index (χ0n) is 37.5. The lowest BCUT2D eigenvalue weighted by atomic mass is 9.99. The van der Waals surface area contributed by atoms with Crippen molar-refractivity contribution in [3.63, 3.8) is 0 Å². The molecule has 1 rings (SSSR count). The van der Waals surface area contributed by atoms with E-state index in [1.165, 1.54) is 122 Å². The van der Waals surface area contributed by atoms with Crippen LogP contribution in [0, 0.1) is 0 Å². The Bertz CT molecular complexity index is 1080. The van der Waals surface area contributed by atoms with E-state index >= 15 is 0 Å². The number of carbonyl (C=O) groups is 1. The van der Waals surface area contributed by atoms with Crippen LogP contribution in [0.15, 0.2) is 60.8 Å². The predicted molar refractivity (Wildman–Crippen MR) is 242 cm³/mol. The highest BCUT2D eigenvalue weighted by Crippen LogP contribution is 2.22. The summed E-state index contributed by atoms with van der Waals surface area (Å²) in [6.07, 6.45) is 45.7. The number of unbranched alkanes of at least 4 members (excludes halogenated alkanes) is 20. The molecule has 0 aliphatic carbocycles. The summed E-state index contributed by atoms with van der Waals surface area (Å²) in [5.41, 5.74) is 0. The Hall–Kier alpha value is -2.11. The molecule has 4 N–H and O–H groups in total. The molecule has 6 unspecified atom stereocenters. The second-order valence-corrected chi connectivity index (χ2v) is 16.2. The molecule has 0 spiro atoms. The van der Waals surface area contributed by atoms with Crippen molar-refractivity contribution in [2.45, 2.75) is 224 Å². The summed E-state index contributed by atoms with van der Waals surface area (Å²) in [5.74, 6) is -0.438. The number of rotatable bonds is 40. The Kier molecular flexibility index (Phi) is 38.4. The number of aliphatic hydroxyl groups is 4. The number of hydrogen-bond donors (Lipinski definition) is 4. The van der Waals surface area contributed by atoms with E-state index < -0.39 is 49.4 Å². The average Bonchev–Trinajstić information content (AvgIpc) is 3.24. The van der Waals surface area contributed by atoms with Crippen LogP contribution in [0.5, 0.6) is 0 Å². The minimum absolute atomic E-state index is 0.0868. The predicted octanol–water partition coefficient (Wildman–Crippen LogP) is 11.1. The molecule has 59 heavy (non-hydrogen) atoms. The number of allylic oxidation sites excluding steroid dienone is 9. The molecule has 0 aromatic heterocycles. The zero-order valence-corrected chi connectivity index (χ0v) is 37.5. The summed E-state index contributed by atoms with van der Waals surface area (Å²) >= 11 is 0. The van der Waals surface area contributed by atoms with Crippen LogP contribution in [0.2, 0.25) is 0 Å². The highest BCUT2D eigenvalue weighted by Gasteiger charge is 2.44. The van der Waals surface area contributed by atoms with E-state index in [-0.39, 0.29) is 19.6 Å². The van der Waals surface area contributed by atoms with Gasteiger partial charge in [0, 0.05) is 6.61 Å². The van der Waals surface area contributed by atoms with E-state index in [1.54, 1.807) is 6.08 Å². The first-order chi connectivity index (χ1) is 28.9. The van der Waals surface area contributed by atoms with Gasteiger partial charge in [0.05, 0.1) is 26.2 Å². The third-order valence-electron chi connectivity index (χ3n) is 10.7. The van der Waals surface area contributed by atoms with Crippen molar-refractivity contribution in [2.24, 2.45) is 0 Å². The van der Waals surface area contributed by atoms with Crippen molar-refractivity contribution in [2.75, 3.05) is 26.4 Å². The molecule has 0 bridgehead atoms. The lowest BCUT2D eigenvalue weighted by Crippen LogP contribution is -2.59.